The van der Waals surface area contributed by atoms with Crippen LogP contribution in [0.2, 0.25) is 10.0 Å². The third-order valence-corrected chi connectivity index (χ3v) is 8.07. The van der Waals surface area contributed by atoms with Gasteiger partial charge >= 0.3 is 0 Å². The van der Waals surface area contributed by atoms with E-state index in [0.717, 1.165) is 21.0 Å². The highest BCUT2D eigenvalue weighted by Crippen LogP contribution is 2.49. The van der Waals surface area contributed by atoms with Gasteiger partial charge in [0.25, 0.3) is 11.8 Å². The highest BCUT2D eigenvalue weighted by atomic mass is 35.5. The summed E-state index contributed by atoms with van der Waals surface area (Å²) in [6.07, 6.45) is 1.75. The number of rotatable bonds is 3. The van der Waals surface area contributed by atoms with E-state index >= 15 is 0 Å². The first-order chi connectivity index (χ1) is 15.9. The van der Waals surface area contributed by atoms with Crippen LogP contribution in [-0.2, 0) is 9.59 Å². The second-order valence-electron chi connectivity index (χ2n) is 7.23. The first kappa shape index (κ1) is 22.5. The zero-order chi connectivity index (χ0) is 23.1. The van der Waals surface area contributed by atoms with Gasteiger partial charge in [-0.2, -0.15) is 0 Å². The molecular weight excluding hydrogens is 515 g/mol. The lowest BCUT2D eigenvalue weighted by Crippen LogP contribution is -2.41. The number of thioether (sulfide) groups is 1. The Labute approximate surface area is 214 Å². The lowest BCUT2D eigenvalue weighted by atomic mass is 10.2. The van der Waals surface area contributed by atoms with E-state index in [9.17, 15) is 9.59 Å². The maximum absolute atomic E-state index is 13.6. The number of hydrogen-bond acceptors (Lipinski definition) is 5. The molecule has 4 nitrogen and oxygen atoms in total. The van der Waals surface area contributed by atoms with Gasteiger partial charge in [0.15, 0.2) is 0 Å². The maximum Gasteiger partial charge on any atom is 0.266 e. The van der Waals surface area contributed by atoms with Gasteiger partial charge in [0, 0.05) is 19.8 Å². The van der Waals surface area contributed by atoms with Crippen LogP contribution in [0.4, 0.5) is 11.4 Å². The van der Waals surface area contributed by atoms with E-state index in [-0.39, 0.29) is 18.4 Å². The first-order valence-corrected chi connectivity index (χ1v) is 12.6. The minimum absolute atomic E-state index is 0.173. The van der Waals surface area contributed by atoms with Gasteiger partial charge in [-0.25, -0.2) is 0 Å². The summed E-state index contributed by atoms with van der Waals surface area (Å²) in [6.45, 7) is -0.173. The van der Waals surface area contributed by atoms with E-state index in [4.69, 9.17) is 35.4 Å². The molecule has 0 aliphatic carbocycles. The minimum Gasteiger partial charge on any atom is -0.283 e. The van der Waals surface area contributed by atoms with Gasteiger partial charge in [-0.1, -0.05) is 83.2 Å². The molecule has 0 radical (unpaired) electrons. The molecule has 0 saturated carbocycles. The zero-order valence-corrected chi connectivity index (χ0v) is 20.8. The van der Waals surface area contributed by atoms with Gasteiger partial charge in [0.1, 0.15) is 10.9 Å². The highest BCUT2D eigenvalue weighted by molar-refractivity contribution is 8.26. The van der Waals surface area contributed by atoms with Crippen molar-refractivity contribution in [1.82, 2.24) is 4.90 Å². The van der Waals surface area contributed by atoms with Crippen molar-refractivity contribution in [2.45, 2.75) is 9.79 Å². The SMILES string of the molecule is O=C1/C(=C/c2ccc(Cl)cc2)SC(=S)N1CC(=O)N1c2ccccc2Sc2ccc(Cl)cc21. The third kappa shape index (κ3) is 4.44. The fraction of sp³-hybridized carbons (Fsp3) is 0.0417. The maximum atomic E-state index is 13.6. The number of carbonyl (C=O) groups excluding carboxylic acids is 2. The monoisotopic (exact) mass is 528 g/mol. The number of anilines is 2. The van der Waals surface area contributed by atoms with E-state index in [1.165, 1.54) is 16.7 Å². The largest absolute Gasteiger partial charge is 0.283 e. The van der Waals surface area contributed by atoms with Crippen LogP contribution in [0.15, 0.2) is 81.4 Å². The Balaban J connectivity index is 1.44. The van der Waals surface area contributed by atoms with Gasteiger partial charge in [-0.15, -0.1) is 0 Å². The molecule has 2 aliphatic heterocycles. The number of fused-ring (bicyclic) bond motifs is 2. The molecule has 0 spiro atoms. The van der Waals surface area contributed by atoms with Crippen LogP contribution < -0.4 is 4.90 Å². The molecule has 0 N–H and O–H groups in total. The van der Waals surface area contributed by atoms with Crippen molar-refractivity contribution in [2.75, 3.05) is 11.4 Å². The first-order valence-electron chi connectivity index (χ1n) is 9.81. The number of para-hydroxylation sites is 1. The van der Waals surface area contributed by atoms with Crippen molar-refractivity contribution in [3.63, 3.8) is 0 Å². The molecule has 0 bridgehead atoms. The Morgan fingerprint density at radius 1 is 0.909 bits per heavy atom. The molecule has 1 fully saturated rings. The molecule has 2 aliphatic rings. The van der Waals surface area contributed by atoms with Crippen molar-refractivity contribution in [3.05, 3.63) is 87.2 Å². The van der Waals surface area contributed by atoms with E-state index in [2.05, 4.69) is 0 Å². The summed E-state index contributed by atoms with van der Waals surface area (Å²) in [5.74, 6) is -0.561. The highest BCUT2D eigenvalue weighted by Gasteiger charge is 2.36. The average Bonchev–Trinajstić information content (AvgIpc) is 3.06. The number of carbonyl (C=O) groups is 2. The summed E-state index contributed by atoms with van der Waals surface area (Å²) in [5.41, 5.74) is 2.28. The molecular formula is C24H14Cl2N2O2S3. The zero-order valence-electron chi connectivity index (χ0n) is 16.8. The number of benzene rings is 3. The van der Waals surface area contributed by atoms with Crippen LogP contribution in [0.5, 0.6) is 0 Å². The molecule has 2 heterocycles. The van der Waals surface area contributed by atoms with Crippen LogP contribution >= 0.6 is 58.9 Å². The summed E-state index contributed by atoms with van der Waals surface area (Å²) in [5, 5.41) is 1.15. The fourth-order valence-corrected chi connectivity index (χ4v) is 6.14. The predicted octanol–water partition coefficient (Wildman–Crippen LogP) is 7.02. The molecule has 3 aromatic carbocycles. The third-order valence-electron chi connectivity index (χ3n) is 5.07. The van der Waals surface area contributed by atoms with E-state index in [0.29, 0.717) is 25.0 Å². The van der Waals surface area contributed by atoms with Gasteiger partial charge in [-0.3, -0.25) is 19.4 Å². The Bertz CT molecular complexity index is 1340. The lowest BCUT2D eigenvalue weighted by Gasteiger charge is -2.32. The molecule has 0 atom stereocenters. The number of thiocarbonyl (C=S) groups is 1. The van der Waals surface area contributed by atoms with Crippen molar-refractivity contribution < 1.29 is 9.59 Å². The van der Waals surface area contributed by atoms with Crippen LogP contribution in [0.3, 0.4) is 0 Å². The Hall–Kier alpha value is -2.29. The van der Waals surface area contributed by atoms with Crippen LogP contribution in [0.1, 0.15) is 5.56 Å². The van der Waals surface area contributed by atoms with E-state index < -0.39 is 0 Å². The Kier molecular flexibility index (Phi) is 6.24. The summed E-state index contributed by atoms with van der Waals surface area (Å²) >= 11 is 20.4. The van der Waals surface area contributed by atoms with Gasteiger partial charge in [0.05, 0.1) is 16.3 Å². The lowest BCUT2D eigenvalue weighted by molar-refractivity contribution is -0.127. The van der Waals surface area contributed by atoms with E-state index in [1.54, 1.807) is 47.0 Å². The molecule has 5 rings (SSSR count). The van der Waals surface area contributed by atoms with Gasteiger partial charge in [0.2, 0.25) is 0 Å². The predicted molar refractivity (Wildman–Crippen MR) is 140 cm³/mol. The van der Waals surface area contributed by atoms with Gasteiger partial charge < -0.3 is 0 Å². The van der Waals surface area contributed by atoms with Crippen molar-refractivity contribution in [2.24, 2.45) is 0 Å². The summed E-state index contributed by atoms with van der Waals surface area (Å²) in [6, 6.07) is 20.3. The van der Waals surface area contributed by atoms with Crippen LogP contribution in [0, 0.1) is 0 Å². The van der Waals surface area contributed by atoms with Crippen LogP contribution in [0.25, 0.3) is 6.08 Å². The Morgan fingerprint density at radius 3 is 2.39 bits per heavy atom. The molecule has 0 aromatic heterocycles. The fourth-order valence-electron chi connectivity index (χ4n) is 3.55. The number of hydrogen-bond donors (Lipinski definition) is 0. The van der Waals surface area contributed by atoms with E-state index in [1.807, 2.05) is 42.5 Å². The number of halogens is 2. The molecule has 9 heteroatoms. The van der Waals surface area contributed by atoms with Crippen molar-refractivity contribution >= 4 is 92.5 Å². The number of amides is 2. The summed E-state index contributed by atoms with van der Waals surface area (Å²) in [4.78, 5) is 31.9. The summed E-state index contributed by atoms with van der Waals surface area (Å²) in [7, 11) is 0. The molecule has 3 aromatic rings. The standard InChI is InChI=1S/C24H14Cl2N2O2S3/c25-15-7-5-14(6-8-15)11-21-23(30)27(24(31)33-21)13-22(29)28-17-3-1-2-4-19(17)32-20-10-9-16(26)12-18(20)28/h1-12H,13H2/b21-11-. The quantitative estimate of drug-likeness (QED) is 0.269. The second kappa shape index (κ2) is 9.16. The van der Waals surface area contributed by atoms with Gasteiger partial charge in [-0.05, 0) is 54.1 Å². The normalized spacial score (nSPS) is 16.2. The van der Waals surface area contributed by atoms with Crippen molar-refractivity contribution in [1.29, 1.82) is 0 Å². The smallest absolute Gasteiger partial charge is 0.266 e. The minimum atomic E-state index is -0.292. The molecule has 1 saturated heterocycles. The molecule has 0 unspecified atom stereocenters. The topological polar surface area (TPSA) is 40.6 Å². The second-order valence-corrected chi connectivity index (χ2v) is 10.9. The molecule has 164 valence electrons. The number of nitrogens with zero attached hydrogens (tertiary/aromatic N) is 2. The van der Waals surface area contributed by atoms with Crippen LogP contribution in [-0.4, -0.2) is 27.6 Å². The summed E-state index contributed by atoms with van der Waals surface area (Å²) < 4.78 is 0.347. The molecule has 2 amide bonds. The van der Waals surface area contributed by atoms with Crippen molar-refractivity contribution in [3.8, 4) is 0 Å². The Morgan fingerprint density at radius 2 is 1.61 bits per heavy atom. The average molecular weight is 529 g/mol. The molecule has 33 heavy (non-hydrogen) atoms.